The molecule has 0 saturated carbocycles. The van der Waals surface area contributed by atoms with Gasteiger partial charge in [-0.3, -0.25) is 4.79 Å². The Morgan fingerprint density at radius 3 is 2.67 bits per heavy atom. The van der Waals surface area contributed by atoms with E-state index in [-0.39, 0.29) is 5.91 Å². The Morgan fingerprint density at radius 1 is 1.33 bits per heavy atom. The van der Waals surface area contributed by atoms with Crippen LogP contribution in [-0.4, -0.2) is 65.7 Å². The Balaban J connectivity index is 2.00. The van der Waals surface area contributed by atoms with Gasteiger partial charge in [-0.05, 0) is 44.0 Å². The summed E-state index contributed by atoms with van der Waals surface area (Å²) >= 11 is 3.84. The largest absolute Gasteiger partial charge is 0.337 e. The van der Waals surface area contributed by atoms with E-state index in [0.29, 0.717) is 17.7 Å². The molecule has 0 radical (unpaired) electrons. The van der Waals surface area contributed by atoms with Crippen LogP contribution in [0.4, 0.5) is 0 Å². The summed E-state index contributed by atoms with van der Waals surface area (Å²) in [6.07, 6.45) is 1.62. The highest BCUT2D eigenvalue weighted by Gasteiger charge is 2.26. The Morgan fingerprint density at radius 2 is 2.04 bits per heavy atom. The fraction of sp³-hybridized carbons (Fsp3) is 0.632. The molecule has 0 unspecified atom stereocenters. The van der Waals surface area contributed by atoms with Crippen molar-refractivity contribution in [2.45, 2.75) is 42.9 Å². The molecule has 1 heterocycles. The Bertz CT molecular complexity index is 517. The molecule has 1 amide bonds. The zero-order chi connectivity index (χ0) is 17.5. The molecular weight excluding hydrogens is 336 g/mol. The number of likely N-dealkylation sites (N-methyl/N-ethyl adjacent to an activating group) is 1. The number of nitrogens with zero attached hydrogens (tertiary/aromatic N) is 2. The van der Waals surface area contributed by atoms with Gasteiger partial charge in [-0.2, -0.15) is 11.8 Å². The summed E-state index contributed by atoms with van der Waals surface area (Å²) in [5.41, 5.74) is 1.12. The van der Waals surface area contributed by atoms with Crippen molar-refractivity contribution in [1.82, 2.24) is 9.80 Å². The zero-order valence-electron chi connectivity index (χ0n) is 15.3. The van der Waals surface area contributed by atoms with Gasteiger partial charge in [-0.1, -0.05) is 26.0 Å². The predicted octanol–water partition coefficient (Wildman–Crippen LogP) is 3.63. The lowest BCUT2D eigenvalue weighted by Crippen LogP contribution is -2.47. The maximum Gasteiger partial charge on any atom is 0.227 e. The second kappa shape index (κ2) is 9.73. The van der Waals surface area contributed by atoms with Crippen molar-refractivity contribution in [2.75, 3.05) is 38.7 Å². The second-order valence-electron chi connectivity index (χ2n) is 6.92. The lowest BCUT2D eigenvalue weighted by molar-refractivity contribution is -0.132. The van der Waals surface area contributed by atoms with Crippen LogP contribution in [-0.2, 0) is 11.2 Å². The molecule has 0 aromatic heterocycles. The molecule has 134 valence electrons. The topological polar surface area (TPSA) is 23.6 Å². The highest BCUT2D eigenvalue weighted by molar-refractivity contribution is 8.00. The number of carbonyl (C=O) groups is 1. The number of hydrogen-bond donors (Lipinski definition) is 0. The normalized spacial score (nSPS) is 18.9. The highest BCUT2D eigenvalue weighted by atomic mass is 32.2. The molecule has 1 saturated heterocycles. The Labute approximate surface area is 155 Å². The average Bonchev–Trinajstić information content (AvgIpc) is 2.73. The van der Waals surface area contributed by atoms with Crippen LogP contribution in [0.3, 0.4) is 0 Å². The molecule has 1 aliphatic heterocycles. The van der Waals surface area contributed by atoms with Gasteiger partial charge in [0.15, 0.2) is 0 Å². The summed E-state index contributed by atoms with van der Waals surface area (Å²) in [7, 11) is 4.17. The molecule has 0 N–H and O–H groups in total. The van der Waals surface area contributed by atoms with Crippen molar-refractivity contribution < 1.29 is 4.79 Å². The van der Waals surface area contributed by atoms with Crippen LogP contribution in [0.1, 0.15) is 25.8 Å². The summed E-state index contributed by atoms with van der Waals surface area (Å²) in [4.78, 5) is 18.5. The summed E-state index contributed by atoms with van der Waals surface area (Å²) in [6, 6.07) is 8.83. The van der Waals surface area contributed by atoms with Gasteiger partial charge in [-0.15, -0.1) is 11.8 Å². The van der Waals surface area contributed by atoms with Gasteiger partial charge in [0, 0.05) is 29.0 Å². The third-order valence-corrected chi connectivity index (χ3v) is 6.20. The van der Waals surface area contributed by atoms with E-state index < -0.39 is 0 Å². The molecule has 0 bridgehead atoms. The van der Waals surface area contributed by atoms with Crippen molar-refractivity contribution in [3.05, 3.63) is 29.8 Å². The van der Waals surface area contributed by atoms with Gasteiger partial charge in [0.1, 0.15) is 0 Å². The summed E-state index contributed by atoms with van der Waals surface area (Å²) < 4.78 is 0. The third kappa shape index (κ3) is 6.34. The third-order valence-electron chi connectivity index (χ3n) is 3.99. The quantitative estimate of drug-likeness (QED) is 0.718. The fourth-order valence-electron chi connectivity index (χ4n) is 2.96. The molecular formula is C19H30N2OS2. The molecule has 5 heteroatoms. The second-order valence-corrected chi connectivity index (χ2v) is 9.72. The van der Waals surface area contributed by atoms with Crippen LogP contribution >= 0.6 is 23.5 Å². The maximum absolute atomic E-state index is 12.9. The minimum Gasteiger partial charge on any atom is -0.337 e. The number of hydrogen-bond acceptors (Lipinski definition) is 4. The SMILES string of the molecule is CC(C)Sc1ccc(CC(=O)N2CCCSC[C@@H]2CN(C)C)cc1. The van der Waals surface area contributed by atoms with Crippen LogP contribution < -0.4 is 0 Å². The molecule has 1 aliphatic rings. The van der Waals surface area contributed by atoms with E-state index in [1.165, 1.54) is 4.90 Å². The molecule has 2 rings (SSSR count). The minimum absolute atomic E-state index is 0.272. The van der Waals surface area contributed by atoms with E-state index in [1.54, 1.807) is 0 Å². The highest BCUT2D eigenvalue weighted by Crippen LogP contribution is 2.23. The van der Waals surface area contributed by atoms with Crippen molar-refractivity contribution in [2.24, 2.45) is 0 Å². The van der Waals surface area contributed by atoms with Crippen LogP contribution in [0.2, 0.25) is 0 Å². The van der Waals surface area contributed by atoms with Gasteiger partial charge >= 0.3 is 0 Å². The molecule has 3 nitrogen and oxygen atoms in total. The smallest absolute Gasteiger partial charge is 0.227 e. The fourth-order valence-corrected chi connectivity index (χ4v) is 4.86. The maximum atomic E-state index is 12.9. The van der Waals surface area contributed by atoms with E-state index in [1.807, 2.05) is 23.5 Å². The number of thioether (sulfide) groups is 2. The molecule has 1 aromatic carbocycles. The van der Waals surface area contributed by atoms with Crippen molar-refractivity contribution in [3.8, 4) is 0 Å². The lowest BCUT2D eigenvalue weighted by Gasteiger charge is -2.32. The van der Waals surface area contributed by atoms with Gasteiger partial charge in [-0.25, -0.2) is 0 Å². The van der Waals surface area contributed by atoms with Crippen LogP contribution in [0, 0.1) is 0 Å². The van der Waals surface area contributed by atoms with E-state index in [2.05, 4.69) is 62.0 Å². The number of benzene rings is 1. The van der Waals surface area contributed by atoms with Crippen LogP contribution in [0.5, 0.6) is 0 Å². The van der Waals surface area contributed by atoms with Gasteiger partial charge in [0.25, 0.3) is 0 Å². The molecule has 1 atom stereocenters. The molecule has 1 fully saturated rings. The number of amides is 1. The molecule has 0 spiro atoms. The summed E-state index contributed by atoms with van der Waals surface area (Å²) in [5.74, 6) is 2.48. The van der Waals surface area contributed by atoms with E-state index in [9.17, 15) is 4.79 Å². The van der Waals surface area contributed by atoms with Crippen molar-refractivity contribution in [3.63, 3.8) is 0 Å². The van der Waals surface area contributed by atoms with E-state index >= 15 is 0 Å². The standard InChI is InChI=1S/C19H30N2OS2/c1-15(2)24-18-8-6-16(7-9-18)12-19(22)21-10-5-11-23-14-17(21)13-20(3)4/h6-9,15,17H,5,10-14H2,1-4H3/t17-/m0/s1. The molecule has 0 aliphatic carbocycles. The van der Waals surface area contributed by atoms with Gasteiger partial charge in [0.05, 0.1) is 12.5 Å². The number of rotatable bonds is 6. The van der Waals surface area contributed by atoms with Gasteiger partial charge < -0.3 is 9.80 Å². The minimum atomic E-state index is 0.272. The molecule has 1 aromatic rings. The molecule has 24 heavy (non-hydrogen) atoms. The lowest BCUT2D eigenvalue weighted by atomic mass is 10.1. The van der Waals surface area contributed by atoms with Crippen molar-refractivity contribution >= 4 is 29.4 Å². The van der Waals surface area contributed by atoms with Crippen molar-refractivity contribution in [1.29, 1.82) is 0 Å². The van der Waals surface area contributed by atoms with E-state index in [4.69, 9.17) is 0 Å². The number of carbonyl (C=O) groups excluding carboxylic acids is 1. The first-order valence-electron chi connectivity index (χ1n) is 8.73. The summed E-state index contributed by atoms with van der Waals surface area (Å²) in [6.45, 7) is 6.24. The predicted molar refractivity (Wildman–Crippen MR) is 107 cm³/mol. The first kappa shape index (κ1) is 19.7. The Hall–Kier alpha value is -0.650. The first-order valence-corrected chi connectivity index (χ1v) is 10.8. The Kier molecular flexibility index (Phi) is 7.98. The van der Waals surface area contributed by atoms with Crippen LogP contribution in [0.25, 0.3) is 0 Å². The zero-order valence-corrected chi connectivity index (χ0v) is 17.0. The first-order chi connectivity index (χ1) is 11.5. The van der Waals surface area contributed by atoms with Crippen LogP contribution in [0.15, 0.2) is 29.2 Å². The average molecular weight is 367 g/mol. The summed E-state index contributed by atoms with van der Waals surface area (Å²) in [5, 5.41) is 0.582. The van der Waals surface area contributed by atoms with E-state index in [0.717, 1.165) is 36.6 Å². The van der Waals surface area contributed by atoms with Gasteiger partial charge in [0.2, 0.25) is 5.91 Å². The monoisotopic (exact) mass is 366 g/mol.